The topological polar surface area (TPSA) is 72.1 Å². The largest absolute Gasteiger partial charge is 0.496 e. The van der Waals surface area contributed by atoms with Crippen LogP contribution in [0.25, 0.3) is 21.9 Å². The molecule has 0 radical (unpaired) electrons. The zero-order valence-electron chi connectivity index (χ0n) is 10.8. The maximum atomic E-state index is 11.9. The van der Waals surface area contributed by atoms with E-state index in [0.29, 0.717) is 22.2 Å². The number of hydrogen-bond acceptors (Lipinski definition) is 4. The molecule has 104 valence electrons. The highest BCUT2D eigenvalue weighted by atomic mass is 79.9. The van der Waals surface area contributed by atoms with Gasteiger partial charge in [-0.2, -0.15) is 0 Å². The van der Waals surface area contributed by atoms with E-state index in [4.69, 9.17) is 4.74 Å². The number of methoxy groups -OCH3 is 1. The molecule has 0 saturated carbocycles. The molecule has 5 nitrogen and oxygen atoms in total. The molecular weight excluding hydrogens is 344 g/mol. The molecule has 0 fully saturated rings. The molecular formula is C13H11BrN2O3S. The van der Waals surface area contributed by atoms with Crippen molar-refractivity contribution in [3.05, 3.63) is 28.9 Å². The molecule has 2 heterocycles. The molecule has 1 aromatic carbocycles. The van der Waals surface area contributed by atoms with Crippen molar-refractivity contribution >= 4 is 47.7 Å². The number of aromatic nitrogens is 2. The van der Waals surface area contributed by atoms with Crippen LogP contribution in [0.5, 0.6) is 5.75 Å². The highest BCUT2D eigenvalue weighted by Gasteiger charge is 2.19. The lowest BCUT2D eigenvalue weighted by Crippen LogP contribution is -1.98. The molecule has 0 atom stereocenters. The number of nitrogens with zero attached hydrogens (tertiary/aromatic N) is 1. The molecule has 2 aromatic heterocycles. The van der Waals surface area contributed by atoms with E-state index in [-0.39, 0.29) is 4.90 Å². The number of halogens is 1. The van der Waals surface area contributed by atoms with Crippen LogP contribution in [-0.2, 0) is 9.84 Å². The van der Waals surface area contributed by atoms with Crippen LogP contribution in [0, 0.1) is 0 Å². The van der Waals surface area contributed by atoms with Crippen LogP contribution in [0.1, 0.15) is 0 Å². The SMILES string of the molecule is COc1ccc(S(C)(=O)=O)c2[nH]c3cc(Br)cnc3c12. The Hall–Kier alpha value is -1.60. The van der Waals surface area contributed by atoms with E-state index < -0.39 is 9.84 Å². The second-order valence-electron chi connectivity index (χ2n) is 4.46. The minimum atomic E-state index is -3.34. The van der Waals surface area contributed by atoms with Gasteiger partial charge in [-0.3, -0.25) is 4.98 Å². The molecule has 1 N–H and O–H groups in total. The monoisotopic (exact) mass is 354 g/mol. The van der Waals surface area contributed by atoms with E-state index in [1.54, 1.807) is 25.4 Å². The third kappa shape index (κ3) is 1.97. The number of benzene rings is 1. The number of fused-ring (bicyclic) bond motifs is 3. The minimum absolute atomic E-state index is 0.238. The fraction of sp³-hybridized carbons (Fsp3) is 0.154. The van der Waals surface area contributed by atoms with Crippen LogP contribution >= 0.6 is 15.9 Å². The van der Waals surface area contributed by atoms with Crippen molar-refractivity contribution in [2.75, 3.05) is 13.4 Å². The van der Waals surface area contributed by atoms with Crippen molar-refractivity contribution in [1.29, 1.82) is 0 Å². The molecule has 0 spiro atoms. The number of aromatic amines is 1. The smallest absolute Gasteiger partial charge is 0.177 e. The van der Waals surface area contributed by atoms with Crippen molar-refractivity contribution in [3.8, 4) is 5.75 Å². The summed E-state index contributed by atoms with van der Waals surface area (Å²) in [5, 5.41) is 0.679. The summed E-state index contributed by atoms with van der Waals surface area (Å²) >= 11 is 3.35. The molecule has 0 aliphatic carbocycles. The molecule has 20 heavy (non-hydrogen) atoms. The van der Waals surface area contributed by atoms with Crippen molar-refractivity contribution in [2.45, 2.75) is 4.90 Å². The van der Waals surface area contributed by atoms with E-state index in [1.165, 1.54) is 6.26 Å². The molecule has 3 rings (SSSR count). The van der Waals surface area contributed by atoms with Crippen LogP contribution < -0.4 is 4.74 Å². The third-order valence-corrected chi connectivity index (χ3v) is 4.67. The fourth-order valence-electron chi connectivity index (χ4n) is 2.27. The molecule has 0 saturated heterocycles. The summed E-state index contributed by atoms with van der Waals surface area (Å²) in [4.78, 5) is 7.70. The van der Waals surface area contributed by atoms with Crippen LogP contribution in [0.15, 0.2) is 33.8 Å². The Bertz CT molecular complexity index is 932. The first-order valence-electron chi connectivity index (χ1n) is 5.76. The molecule has 0 aliphatic heterocycles. The highest BCUT2D eigenvalue weighted by Crippen LogP contribution is 2.36. The zero-order chi connectivity index (χ0) is 14.5. The summed E-state index contributed by atoms with van der Waals surface area (Å²) < 4.78 is 29.9. The average Bonchev–Trinajstić information content (AvgIpc) is 2.74. The number of sulfone groups is 1. The minimum Gasteiger partial charge on any atom is -0.496 e. The Balaban J connectivity index is 2.57. The van der Waals surface area contributed by atoms with E-state index in [0.717, 1.165) is 9.99 Å². The van der Waals surface area contributed by atoms with Gasteiger partial charge in [-0.15, -0.1) is 0 Å². The quantitative estimate of drug-likeness (QED) is 0.767. The van der Waals surface area contributed by atoms with Gasteiger partial charge in [-0.25, -0.2) is 8.42 Å². The Morgan fingerprint density at radius 1 is 1.35 bits per heavy atom. The molecule has 0 bridgehead atoms. The fourth-order valence-corrected chi connectivity index (χ4v) is 3.44. The molecule has 0 aliphatic rings. The first-order valence-corrected chi connectivity index (χ1v) is 8.44. The Morgan fingerprint density at radius 3 is 2.75 bits per heavy atom. The van der Waals surface area contributed by atoms with Gasteiger partial charge in [-0.1, -0.05) is 0 Å². The lowest BCUT2D eigenvalue weighted by molar-refractivity contribution is 0.420. The van der Waals surface area contributed by atoms with E-state index in [1.807, 2.05) is 6.07 Å². The summed E-state index contributed by atoms with van der Waals surface area (Å²) in [6.07, 6.45) is 2.85. The number of rotatable bonds is 2. The van der Waals surface area contributed by atoms with Crippen LogP contribution in [-0.4, -0.2) is 31.8 Å². The molecule has 3 aromatic rings. The van der Waals surface area contributed by atoms with Gasteiger partial charge in [0.25, 0.3) is 0 Å². The lowest BCUT2D eigenvalue weighted by Gasteiger charge is -2.05. The predicted octanol–water partition coefficient (Wildman–Crippen LogP) is 2.89. The van der Waals surface area contributed by atoms with E-state index in [2.05, 4.69) is 25.9 Å². The van der Waals surface area contributed by atoms with Crippen LogP contribution in [0.4, 0.5) is 0 Å². The van der Waals surface area contributed by atoms with Gasteiger partial charge in [0.15, 0.2) is 9.84 Å². The lowest BCUT2D eigenvalue weighted by atomic mass is 10.2. The van der Waals surface area contributed by atoms with Gasteiger partial charge in [0.2, 0.25) is 0 Å². The second kappa shape index (κ2) is 4.46. The van der Waals surface area contributed by atoms with Gasteiger partial charge in [0, 0.05) is 16.9 Å². The molecule has 0 amide bonds. The Kier molecular flexibility index (Phi) is 2.98. The van der Waals surface area contributed by atoms with Gasteiger partial charge in [0.05, 0.1) is 33.9 Å². The maximum absolute atomic E-state index is 11.9. The number of pyridine rings is 1. The predicted molar refractivity (Wildman–Crippen MR) is 81.0 cm³/mol. The first kappa shape index (κ1) is 13.4. The van der Waals surface area contributed by atoms with Crippen LogP contribution in [0.3, 0.4) is 0 Å². The van der Waals surface area contributed by atoms with Gasteiger partial charge in [0.1, 0.15) is 5.75 Å². The summed E-state index contributed by atoms with van der Waals surface area (Å²) in [5.41, 5.74) is 1.96. The second-order valence-corrected chi connectivity index (χ2v) is 7.36. The third-order valence-electron chi connectivity index (χ3n) is 3.10. The van der Waals surface area contributed by atoms with Crippen molar-refractivity contribution in [1.82, 2.24) is 9.97 Å². The standard InChI is InChI=1S/C13H11BrN2O3S/c1-19-9-3-4-10(20(2,17)18)13-11(9)12-8(16-13)5-7(14)6-15-12/h3-6,16H,1-2H3. The van der Waals surface area contributed by atoms with Gasteiger partial charge < -0.3 is 9.72 Å². The first-order chi connectivity index (χ1) is 9.41. The van der Waals surface area contributed by atoms with Gasteiger partial charge >= 0.3 is 0 Å². The Labute approximate surface area is 124 Å². The average molecular weight is 355 g/mol. The summed E-state index contributed by atoms with van der Waals surface area (Å²) in [7, 11) is -1.79. The number of nitrogens with one attached hydrogen (secondary N) is 1. The van der Waals surface area contributed by atoms with Crippen molar-refractivity contribution in [2.24, 2.45) is 0 Å². The van der Waals surface area contributed by atoms with E-state index in [9.17, 15) is 8.42 Å². The van der Waals surface area contributed by atoms with Crippen molar-refractivity contribution < 1.29 is 13.2 Å². The van der Waals surface area contributed by atoms with Gasteiger partial charge in [-0.05, 0) is 34.1 Å². The normalized spacial score (nSPS) is 12.2. The Morgan fingerprint density at radius 2 is 2.10 bits per heavy atom. The maximum Gasteiger partial charge on any atom is 0.177 e. The number of hydrogen-bond donors (Lipinski definition) is 1. The number of H-pyrrole nitrogens is 1. The molecule has 7 heteroatoms. The zero-order valence-corrected chi connectivity index (χ0v) is 13.2. The highest BCUT2D eigenvalue weighted by molar-refractivity contribution is 9.10. The number of ether oxygens (including phenoxy) is 1. The summed E-state index contributed by atoms with van der Waals surface area (Å²) in [6.45, 7) is 0. The summed E-state index contributed by atoms with van der Waals surface area (Å²) in [6, 6.07) is 5.05. The summed E-state index contributed by atoms with van der Waals surface area (Å²) in [5.74, 6) is 0.591. The van der Waals surface area contributed by atoms with E-state index >= 15 is 0 Å². The van der Waals surface area contributed by atoms with Crippen molar-refractivity contribution in [3.63, 3.8) is 0 Å². The molecule has 0 unspecified atom stereocenters. The van der Waals surface area contributed by atoms with Crippen LogP contribution in [0.2, 0.25) is 0 Å².